The average Bonchev–Trinajstić information content (AvgIpc) is 2.98. The fraction of sp³-hybridized carbons (Fsp3) is 0.467. The predicted octanol–water partition coefficient (Wildman–Crippen LogP) is 2.91. The molecule has 0 heterocycles. The second kappa shape index (κ2) is 4.00. The number of nitriles is 1. The van der Waals surface area contributed by atoms with Crippen molar-refractivity contribution in [2.24, 2.45) is 17.8 Å². The van der Waals surface area contributed by atoms with Crippen molar-refractivity contribution in [3.8, 4) is 6.07 Å². The van der Waals surface area contributed by atoms with E-state index in [9.17, 15) is 10.1 Å². The summed E-state index contributed by atoms with van der Waals surface area (Å²) in [6, 6.07) is 11.6. The van der Waals surface area contributed by atoms with Gasteiger partial charge in [0, 0.05) is 5.92 Å². The van der Waals surface area contributed by atoms with E-state index in [1.807, 2.05) is 30.3 Å². The van der Waals surface area contributed by atoms with E-state index in [0.717, 1.165) is 30.2 Å². The zero-order chi connectivity index (χ0) is 11.8. The van der Waals surface area contributed by atoms with Gasteiger partial charge in [-0.25, -0.2) is 0 Å². The van der Waals surface area contributed by atoms with Crippen molar-refractivity contribution in [3.63, 3.8) is 0 Å². The Kier molecular flexibility index (Phi) is 2.48. The molecule has 0 bridgehead atoms. The van der Waals surface area contributed by atoms with E-state index in [1.165, 1.54) is 6.42 Å². The van der Waals surface area contributed by atoms with Gasteiger partial charge in [0.1, 0.15) is 5.92 Å². The molecular weight excluding hydrogens is 210 g/mol. The lowest BCUT2D eigenvalue weighted by molar-refractivity contribution is -0.123. The van der Waals surface area contributed by atoms with Crippen LogP contribution in [0.15, 0.2) is 30.3 Å². The number of rotatable bonds is 3. The monoisotopic (exact) mass is 225 g/mol. The summed E-state index contributed by atoms with van der Waals surface area (Å²) in [4.78, 5) is 12.3. The number of carbonyl (C=O) groups is 1. The number of carbonyl (C=O) groups excluding carboxylic acids is 1. The third kappa shape index (κ3) is 1.86. The molecule has 1 aromatic rings. The molecule has 1 aromatic carbocycles. The van der Waals surface area contributed by atoms with Gasteiger partial charge in [0.2, 0.25) is 0 Å². The highest BCUT2D eigenvalue weighted by atomic mass is 16.1. The van der Waals surface area contributed by atoms with Gasteiger partial charge in [-0.3, -0.25) is 4.79 Å². The van der Waals surface area contributed by atoms with Crippen LogP contribution in [-0.2, 0) is 4.79 Å². The van der Waals surface area contributed by atoms with E-state index in [0.29, 0.717) is 0 Å². The lowest BCUT2D eigenvalue weighted by Gasteiger charge is -2.14. The Labute approximate surface area is 101 Å². The van der Waals surface area contributed by atoms with Crippen LogP contribution in [0.25, 0.3) is 0 Å². The van der Waals surface area contributed by atoms with Gasteiger partial charge in [0.05, 0.1) is 6.07 Å². The SMILES string of the molecule is N#CC(C(=O)C1CC2CC2C1)c1ccccc1. The van der Waals surface area contributed by atoms with Crippen molar-refractivity contribution in [3.05, 3.63) is 35.9 Å². The minimum atomic E-state index is -0.557. The number of hydrogen-bond donors (Lipinski definition) is 0. The lowest BCUT2D eigenvalue weighted by Crippen LogP contribution is -2.20. The summed E-state index contributed by atoms with van der Waals surface area (Å²) >= 11 is 0. The molecule has 2 aliphatic carbocycles. The molecule has 17 heavy (non-hydrogen) atoms. The first-order chi connectivity index (χ1) is 8.29. The Morgan fingerprint density at radius 3 is 2.41 bits per heavy atom. The van der Waals surface area contributed by atoms with Gasteiger partial charge in [-0.1, -0.05) is 30.3 Å². The highest BCUT2D eigenvalue weighted by Gasteiger charge is 2.49. The number of ketones is 1. The fourth-order valence-corrected chi connectivity index (χ4v) is 3.13. The zero-order valence-electron chi connectivity index (χ0n) is 9.67. The highest BCUT2D eigenvalue weighted by molar-refractivity contribution is 5.90. The molecule has 2 nitrogen and oxygen atoms in total. The van der Waals surface area contributed by atoms with Crippen LogP contribution >= 0.6 is 0 Å². The van der Waals surface area contributed by atoms with Crippen LogP contribution in [0, 0.1) is 29.1 Å². The molecule has 2 fully saturated rings. The van der Waals surface area contributed by atoms with Crippen molar-refractivity contribution in [1.29, 1.82) is 5.26 Å². The summed E-state index contributed by atoms with van der Waals surface area (Å²) in [7, 11) is 0. The maximum absolute atomic E-state index is 12.3. The first-order valence-corrected chi connectivity index (χ1v) is 6.28. The van der Waals surface area contributed by atoms with Crippen molar-refractivity contribution < 1.29 is 4.79 Å². The van der Waals surface area contributed by atoms with Crippen molar-refractivity contribution in [2.45, 2.75) is 25.2 Å². The normalized spacial score (nSPS) is 31.4. The van der Waals surface area contributed by atoms with E-state index in [2.05, 4.69) is 6.07 Å². The second-order valence-corrected chi connectivity index (χ2v) is 5.30. The third-order valence-corrected chi connectivity index (χ3v) is 4.19. The Hall–Kier alpha value is -1.62. The maximum atomic E-state index is 12.3. The van der Waals surface area contributed by atoms with E-state index >= 15 is 0 Å². The molecule has 0 saturated heterocycles. The minimum absolute atomic E-state index is 0.142. The van der Waals surface area contributed by atoms with E-state index < -0.39 is 5.92 Å². The summed E-state index contributed by atoms with van der Waals surface area (Å²) in [6.07, 6.45) is 3.36. The Balaban J connectivity index is 1.77. The van der Waals surface area contributed by atoms with E-state index in [-0.39, 0.29) is 11.7 Å². The van der Waals surface area contributed by atoms with Crippen molar-refractivity contribution in [1.82, 2.24) is 0 Å². The summed E-state index contributed by atoms with van der Waals surface area (Å²) in [5, 5.41) is 9.22. The molecule has 2 saturated carbocycles. The van der Waals surface area contributed by atoms with Crippen molar-refractivity contribution >= 4 is 5.78 Å². The Morgan fingerprint density at radius 1 is 1.18 bits per heavy atom. The van der Waals surface area contributed by atoms with Gasteiger partial charge in [-0.15, -0.1) is 0 Å². The topological polar surface area (TPSA) is 40.9 Å². The molecule has 3 unspecified atom stereocenters. The zero-order valence-corrected chi connectivity index (χ0v) is 9.67. The summed E-state index contributed by atoms with van der Waals surface area (Å²) in [6.45, 7) is 0. The van der Waals surface area contributed by atoms with Crippen LogP contribution in [0.1, 0.15) is 30.7 Å². The van der Waals surface area contributed by atoms with Crippen LogP contribution in [-0.4, -0.2) is 5.78 Å². The highest BCUT2D eigenvalue weighted by Crippen LogP contribution is 2.55. The standard InChI is InChI=1S/C15H15NO/c16-9-14(10-4-2-1-3-5-10)15(17)13-7-11-6-12(11)8-13/h1-5,11-14H,6-8H2. The van der Waals surface area contributed by atoms with Gasteiger partial charge < -0.3 is 0 Å². The molecule has 3 atom stereocenters. The molecule has 0 aliphatic heterocycles. The quantitative estimate of drug-likeness (QED) is 0.793. The molecule has 0 aromatic heterocycles. The molecule has 2 aliphatic rings. The molecule has 0 N–H and O–H groups in total. The summed E-state index contributed by atoms with van der Waals surface area (Å²) in [5.41, 5.74) is 0.848. The van der Waals surface area contributed by atoms with Gasteiger partial charge in [-0.05, 0) is 36.7 Å². The number of benzene rings is 1. The minimum Gasteiger partial charge on any atom is -0.298 e. The van der Waals surface area contributed by atoms with E-state index in [4.69, 9.17) is 0 Å². The van der Waals surface area contributed by atoms with Crippen LogP contribution in [0.4, 0.5) is 0 Å². The molecule has 0 amide bonds. The number of fused-ring (bicyclic) bond motifs is 1. The summed E-state index contributed by atoms with van der Waals surface area (Å²) < 4.78 is 0. The first-order valence-electron chi connectivity index (χ1n) is 6.28. The van der Waals surface area contributed by atoms with Crippen LogP contribution < -0.4 is 0 Å². The molecular formula is C15H15NO. The molecule has 86 valence electrons. The Morgan fingerprint density at radius 2 is 1.82 bits per heavy atom. The van der Waals surface area contributed by atoms with Crippen molar-refractivity contribution in [2.75, 3.05) is 0 Å². The van der Waals surface area contributed by atoms with Gasteiger partial charge in [-0.2, -0.15) is 5.26 Å². The average molecular weight is 225 g/mol. The van der Waals surface area contributed by atoms with Crippen LogP contribution in [0.5, 0.6) is 0 Å². The number of hydrogen-bond acceptors (Lipinski definition) is 2. The van der Waals surface area contributed by atoms with Gasteiger partial charge in [0.15, 0.2) is 5.78 Å². The van der Waals surface area contributed by atoms with Crippen LogP contribution in [0.2, 0.25) is 0 Å². The smallest absolute Gasteiger partial charge is 0.157 e. The molecule has 2 heteroatoms. The lowest BCUT2D eigenvalue weighted by atomic mass is 9.86. The summed E-state index contributed by atoms with van der Waals surface area (Å²) in [5.74, 6) is 1.31. The number of nitrogens with zero attached hydrogens (tertiary/aromatic N) is 1. The number of Topliss-reactive ketones (excluding diaryl/α,β-unsaturated/α-hetero) is 1. The molecule has 0 radical (unpaired) electrons. The van der Waals surface area contributed by atoms with Crippen LogP contribution in [0.3, 0.4) is 0 Å². The van der Waals surface area contributed by atoms with Gasteiger partial charge in [0.25, 0.3) is 0 Å². The molecule has 0 spiro atoms. The third-order valence-electron chi connectivity index (χ3n) is 4.19. The second-order valence-electron chi connectivity index (χ2n) is 5.30. The molecule has 3 rings (SSSR count). The van der Waals surface area contributed by atoms with E-state index in [1.54, 1.807) is 0 Å². The predicted molar refractivity (Wildman–Crippen MR) is 64.1 cm³/mol. The first kappa shape index (κ1) is 10.5. The maximum Gasteiger partial charge on any atom is 0.157 e. The van der Waals surface area contributed by atoms with Gasteiger partial charge >= 0.3 is 0 Å². The fourth-order valence-electron chi connectivity index (χ4n) is 3.13. The Bertz CT molecular complexity index is 463. The largest absolute Gasteiger partial charge is 0.298 e.